The summed E-state index contributed by atoms with van der Waals surface area (Å²) in [5.41, 5.74) is 1.40. The van der Waals surface area contributed by atoms with Gasteiger partial charge >= 0.3 is 6.36 Å². The Labute approximate surface area is 192 Å². The first kappa shape index (κ1) is 22.8. The molecule has 2 heterocycles. The van der Waals surface area contributed by atoms with Gasteiger partial charge in [-0.3, -0.25) is 19.5 Å². The molecule has 1 aliphatic heterocycles. The fourth-order valence-electron chi connectivity index (χ4n) is 3.50. The molecule has 10 heteroatoms. The number of ether oxygens (including phenoxy) is 2. The molecule has 0 spiro atoms. The molecule has 0 bridgehead atoms. The van der Waals surface area contributed by atoms with Crippen LogP contribution in [-0.2, 0) is 16.1 Å². The normalized spacial score (nSPS) is 13.9. The quantitative estimate of drug-likeness (QED) is 0.518. The zero-order valence-corrected chi connectivity index (χ0v) is 17.8. The Morgan fingerprint density at radius 3 is 2.35 bits per heavy atom. The molecule has 1 N–H and O–H groups in total. The third kappa shape index (κ3) is 4.85. The number of carbonyl (C=O) groups excluding carboxylic acids is 2. The standard InChI is InChI=1S/C24H18F3N3O4/c1-33-19-7-3-2-6-18(19)20-21(29-16-8-10-17(11-9-16)34-24(25,26)27)23(32)30(22(20)31)14-15-5-4-12-28-13-15/h2-13,29H,14H2,1H3. The summed E-state index contributed by atoms with van der Waals surface area (Å²) in [5, 5.41) is 2.89. The number of anilines is 1. The van der Waals surface area contributed by atoms with Crippen LogP contribution in [0.25, 0.3) is 5.57 Å². The third-order valence-corrected chi connectivity index (χ3v) is 4.97. The van der Waals surface area contributed by atoms with Crippen LogP contribution >= 0.6 is 0 Å². The molecule has 1 aliphatic rings. The minimum Gasteiger partial charge on any atom is -0.496 e. The van der Waals surface area contributed by atoms with Gasteiger partial charge in [0.1, 0.15) is 17.2 Å². The highest BCUT2D eigenvalue weighted by Gasteiger charge is 2.40. The third-order valence-electron chi connectivity index (χ3n) is 4.97. The van der Waals surface area contributed by atoms with Crippen molar-refractivity contribution in [1.82, 2.24) is 9.88 Å². The van der Waals surface area contributed by atoms with Gasteiger partial charge in [0.15, 0.2) is 0 Å². The van der Waals surface area contributed by atoms with E-state index >= 15 is 0 Å². The number of alkyl halides is 3. The van der Waals surface area contributed by atoms with Gasteiger partial charge in [-0.2, -0.15) is 0 Å². The van der Waals surface area contributed by atoms with Gasteiger partial charge in [-0.1, -0.05) is 24.3 Å². The predicted octanol–water partition coefficient (Wildman–Crippen LogP) is 4.38. The molecule has 174 valence electrons. The van der Waals surface area contributed by atoms with E-state index in [9.17, 15) is 22.8 Å². The molecule has 4 rings (SSSR count). The maximum Gasteiger partial charge on any atom is 0.573 e. The minimum atomic E-state index is -4.82. The van der Waals surface area contributed by atoms with Crippen LogP contribution in [-0.4, -0.2) is 35.2 Å². The second kappa shape index (κ2) is 9.26. The first-order valence-electron chi connectivity index (χ1n) is 10.0. The lowest BCUT2D eigenvalue weighted by atomic mass is 10.0. The number of methoxy groups -OCH3 is 1. The topological polar surface area (TPSA) is 80.8 Å². The minimum absolute atomic E-state index is 0.00625. The Morgan fingerprint density at radius 1 is 0.971 bits per heavy atom. The molecule has 0 fully saturated rings. The summed E-state index contributed by atoms with van der Waals surface area (Å²) < 4.78 is 46.6. The van der Waals surface area contributed by atoms with Crippen molar-refractivity contribution < 1.29 is 32.2 Å². The molecule has 0 radical (unpaired) electrons. The monoisotopic (exact) mass is 469 g/mol. The van der Waals surface area contributed by atoms with Crippen LogP contribution in [0.2, 0.25) is 0 Å². The van der Waals surface area contributed by atoms with E-state index in [-0.39, 0.29) is 17.8 Å². The van der Waals surface area contributed by atoms with Crippen molar-refractivity contribution >= 4 is 23.1 Å². The van der Waals surface area contributed by atoms with E-state index in [1.807, 2.05) is 0 Å². The van der Waals surface area contributed by atoms with E-state index < -0.39 is 23.9 Å². The van der Waals surface area contributed by atoms with Crippen LogP contribution in [0.3, 0.4) is 0 Å². The first-order chi connectivity index (χ1) is 16.3. The summed E-state index contributed by atoms with van der Waals surface area (Å²) in [6, 6.07) is 15.0. The lowest BCUT2D eigenvalue weighted by Crippen LogP contribution is -2.32. The number of amides is 2. The molecule has 2 aromatic carbocycles. The van der Waals surface area contributed by atoms with Gasteiger partial charge in [-0.25, -0.2) is 0 Å². The first-order valence-corrected chi connectivity index (χ1v) is 10.0. The number of aromatic nitrogens is 1. The molecule has 3 aromatic rings. The summed E-state index contributed by atoms with van der Waals surface area (Å²) in [4.78, 5) is 31.8. The highest BCUT2D eigenvalue weighted by molar-refractivity contribution is 6.36. The van der Waals surface area contributed by atoms with Crippen molar-refractivity contribution in [1.29, 1.82) is 0 Å². The lowest BCUT2D eigenvalue weighted by molar-refractivity contribution is -0.274. The van der Waals surface area contributed by atoms with E-state index in [1.54, 1.807) is 48.8 Å². The number of carbonyl (C=O) groups is 2. The highest BCUT2D eigenvalue weighted by Crippen LogP contribution is 2.36. The second-order valence-electron chi connectivity index (χ2n) is 7.21. The molecule has 7 nitrogen and oxygen atoms in total. The number of para-hydroxylation sites is 1. The fraction of sp³-hybridized carbons (Fsp3) is 0.125. The Morgan fingerprint density at radius 2 is 1.71 bits per heavy atom. The maximum absolute atomic E-state index is 13.4. The molecule has 1 aromatic heterocycles. The zero-order valence-electron chi connectivity index (χ0n) is 17.8. The summed E-state index contributed by atoms with van der Waals surface area (Å²) >= 11 is 0. The van der Waals surface area contributed by atoms with Gasteiger partial charge < -0.3 is 14.8 Å². The van der Waals surface area contributed by atoms with Crippen molar-refractivity contribution in [2.24, 2.45) is 0 Å². The fourth-order valence-corrected chi connectivity index (χ4v) is 3.50. The number of benzene rings is 2. The predicted molar refractivity (Wildman–Crippen MR) is 116 cm³/mol. The van der Waals surface area contributed by atoms with Crippen molar-refractivity contribution in [2.45, 2.75) is 12.9 Å². The van der Waals surface area contributed by atoms with Crippen LogP contribution < -0.4 is 14.8 Å². The lowest BCUT2D eigenvalue weighted by Gasteiger charge is -2.15. The second-order valence-corrected chi connectivity index (χ2v) is 7.21. The molecule has 0 aliphatic carbocycles. The van der Waals surface area contributed by atoms with E-state index in [2.05, 4.69) is 15.0 Å². The number of hydrogen-bond acceptors (Lipinski definition) is 6. The summed E-state index contributed by atoms with van der Waals surface area (Å²) in [6.45, 7) is -0.00625. The molecule has 34 heavy (non-hydrogen) atoms. The van der Waals surface area contributed by atoms with E-state index in [1.165, 1.54) is 19.2 Å². The van der Waals surface area contributed by atoms with Crippen LogP contribution in [0.15, 0.2) is 78.8 Å². The van der Waals surface area contributed by atoms with Gasteiger partial charge in [0.2, 0.25) is 0 Å². The number of pyridine rings is 1. The van der Waals surface area contributed by atoms with Crippen molar-refractivity contribution in [3.05, 3.63) is 89.9 Å². The summed E-state index contributed by atoms with van der Waals surface area (Å²) in [7, 11) is 1.44. The van der Waals surface area contributed by atoms with Crippen molar-refractivity contribution in [2.75, 3.05) is 12.4 Å². The maximum atomic E-state index is 13.4. The average Bonchev–Trinajstić information content (AvgIpc) is 3.04. The number of nitrogens with zero attached hydrogens (tertiary/aromatic N) is 2. The molecular formula is C24H18F3N3O4. The summed E-state index contributed by atoms with van der Waals surface area (Å²) in [5.74, 6) is -1.16. The number of imide groups is 1. The molecule has 0 unspecified atom stereocenters. The average molecular weight is 469 g/mol. The van der Waals surface area contributed by atoms with Crippen LogP contribution in [0.4, 0.5) is 18.9 Å². The molecule has 0 saturated heterocycles. The van der Waals surface area contributed by atoms with Crippen LogP contribution in [0.1, 0.15) is 11.1 Å². The number of hydrogen-bond donors (Lipinski definition) is 1. The Bertz CT molecular complexity index is 1240. The summed E-state index contributed by atoms with van der Waals surface area (Å²) in [6.07, 6.45) is -1.70. The Hall–Kier alpha value is -4.34. The number of nitrogens with one attached hydrogen (secondary N) is 1. The SMILES string of the molecule is COc1ccccc1C1=C(Nc2ccc(OC(F)(F)F)cc2)C(=O)N(Cc2cccnc2)C1=O. The van der Waals surface area contributed by atoms with Gasteiger partial charge in [0, 0.05) is 23.6 Å². The largest absolute Gasteiger partial charge is 0.573 e. The zero-order chi connectivity index (χ0) is 24.3. The van der Waals surface area contributed by atoms with Crippen LogP contribution in [0.5, 0.6) is 11.5 Å². The molecule has 2 amide bonds. The highest BCUT2D eigenvalue weighted by atomic mass is 19.4. The Kier molecular flexibility index (Phi) is 6.22. The molecule has 0 saturated carbocycles. The number of rotatable bonds is 7. The van der Waals surface area contributed by atoms with Crippen molar-refractivity contribution in [3.63, 3.8) is 0 Å². The van der Waals surface area contributed by atoms with Gasteiger partial charge in [-0.15, -0.1) is 13.2 Å². The number of halogens is 3. The molecule has 0 atom stereocenters. The van der Waals surface area contributed by atoms with E-state index in [0.29, 0.717) is 22.6 Å². The van der Waals surface area contributed by atoms with E-state index in [0.717, 1.165) is 17.0 Å². The van der Waals surface area contributed by atoms with Crippen LogP contribution in [0, 0.1) is 0 Å². The Balaban J connectivity index is 1.71. The smallest absolute Gasteiger partial charge is 0.496 e. The van der Waals surface area contributed by atoms with Gasteiger partial charge in [0.25, 0.3) is 11.8 Å². The van der Waals surface area contributed by atoms with Gasteiger partial charge in [-0.05, 0) is 42.0 Å². The van der Waals surface area contributed by atoms with Gasteiger partial charge in [0.05, 0.1) is 19.2 Å². The van der Waals surface area contributed by atoms with Crippen molar-refractivity contribution in [3.8, 4) is 11.5 Å². The van der Waals surface area contributed by atoms with E-state index in [4.69, 9.17) is 4.74 Å². The molecular weight excluding hydrogens is 451 g/mol.